The molecule has 2 rings (SSSR count). The van der Waals surface area contributed by atoms with Crippen LogP contribution in [0.1, 0.15) is 65.5 Å². The van der Waals surface area contributed by atoms with Gasteiger partial charge in [0, 0.05) is 44.7 Å². The van der Waals surface area contributed by atoms with Crippen LogP contribution in [0, 0.1) is 0 Å². The van der Waals surface area contributed by atoms with Crippen LogP contribution in [-0.4, -0.2) is 83.6 Å². The number of aromatic nitrogens is 2. The normalized spacial score (nSPS) is 24.6. The summed E-state index contributed by atoms with van der Waals surface area (Å²) in [6, 6.07) is 1.11. The van der Waals surface area contributed by atoms with Crippen LogP contribution in [0.2, 0.25) is 0 Å². The third-order valence-electron chi connectivity index (χ3n) is 6.18. The van der Waals surface area contributed by atoms with Crippen LogP contribution < -0.4 is 11.0 Å². The van der Waals surface area contributed by atoms with E-state index in [2.05, 4.69) is 10.3 Å². The van der Waals surface area contributed by atoms with E-state index in [0.29, 0.717) is 4.57 Å². The quantitative estimate of drug-likeness (QED) is 0.219. The molecule has 1 amide bonds. The molecule has 1 saturated heterocycles. The molecule has 14 nitrogen and oxygen atoms in total. The Balaban J connectivity index is 2.54. The Morgan fingerprint density at radius 3 is 1.87 bits per heavy atom. The van der Waals surface area contributed by atoms with Gasteiger partial charge in [0.15, 0.2) is 23.4 Å². The molecule has 208 valence electrons. The predicted molar refractivity (Wildman–Crippen MR) is 128 cm³/mol. The molecule has 0 spiro atoms. The van der Waals surface area contributed by atoms with Crippen LogP contribution in [0.3, 0.4) is 0 Å². The number of Topliss-reactive ketones (excluding diaryl/α,β-unsaturated/α-hetero) is 5. The Morgan fingerprint density at radius 1 is 0.895 bits per heavy atom. The van der Waals surface area contributed by atoms with E-state index in [9.17, 15) is 48.9 Å². The topological polar surface area (TPSA) is 219 Å². The number of anilines is 1. The zero-order valence-electron chi connectivity index (χ0n) is 21.3. The molecule has 14 heteroatoms. The average Bonchev–Trinajstić information content (AvgIpc) is 3.08. The van der Waals surface area contributed by atoms with E-state index < -0.39 is 77.7 Å². The number of nitrogens with one attached hydrogen (secondary N) is 1. The van der Waals surface area contributed by atoms with E-state index in [0.717, 1.165) is 12.3 Å². The molecule has 38 heavy (non-hydrogen) atoms. The van der Waals surface area contributed by atoms with Crippen molar-refractivity contribution in [1.29, 1.82) is 0 Å². The minimum absolute atomic E-state index is 0.0347. The fraction of sp³-hybridized carbons (Fsp3) is 0.583. The van der Waals surface area contributed by atoms with Crippen LogP contribution in [0.5, 0.6) is 0 Å². The molecule has 1 fully saturated rings. The maximum atomic E-state index is 13.3. The first-order valence-corrected chi connectivity index (χ1v) is 11.8. The zero-order chi connectivity index (χ0) is 28.8. The van der Waals surface area contributed by atoms with Crippen molar-refractivity contribution in [2.24, 2.45) is 0 Å². The van der Waals surface area contributed by atoms with Crippen molar-refractivity contribution in [3.8, 4) is 0 Å². The highest BCUT2D eigenvalue weighted by Gasteiger charge is 2.73. The van der Waals surface area contributed by atoms with Gasteiger partial charge in [-0.05, 0) is 26.8 Å². The van der Waals surface area contributed by atoms with E-state index in [1.807, 2.05) is 0 Å². The first kappa shape index (κ1) is 30.8. The maximum absolute atomic E-state index is 13.3. The van der Waals surface area contributed by atoms with Crippen molar-refractivity contribution in [2.75, 3.05) is 11.9 Å². The number of aliphatic hydroxyl groups is 3. The van der Waals surface area contributed by atoms with Crippen molar-refractivity contribution in [3.63, 3.8) is 0 Å². The molecular formula is C24H31N3O11. The molecule has 1 aromatic heterocycles. The Morgan fingerprint density at radius 2 is 1.39 bits per heavy atom. The van der Waals surface area contributed by atoms with Crippen molar-refractivity contribution >= 4 is 40.6 Å². The van der Waals surface area contributed by atoms with Crippen molar-refractivity contribution in [3.05, 3.63) is 22.7 Å². The highest BCUT2D eigenvalue weighted by atomic mass is 16.6. The summed E-state index contributed by atoms with van der Waals surface area (Å²) in [6.45, 7) is 2.61. The third kappa shape index (κ3) is 6.32. The number of amides is 1. The second-order valence-electron chi connectivity index (χ2n) is 9.20. The number of ether oxygens (including phenoxy) is 1. The highest BCUT2D eigenvalue weighted by molar-refractivity contribution is 6.02. The van der Waals surface area contributed by atoms with Crippen LogP contribution in [-0.2, 0) is 33.5 Å². The molecule has 0 aromatic carbocycles. The van der Waals surface area contributed by atoms with Gasteiger partial charge in [-0.3, -0.25) is 19.0 Å². The number of aliphatic hydroxyl groups excluding tert-OH is 1. The molecule has 1 aliphatic rings. The van der Waals surface area contributed by atoms with E-state index in [4.69, 9.17) is 4.74 Å². The monoisotopic (exact) mass is 537 g/mol. The van der Waals surface area contributed by atoms with Gasteiger partial charge in [0.2, 0.25) is 11.5 Å². The summed E-state index contributed by atoms with van der Waals surface area (Å²) in [4.78, 5) is 88.8. The first-order valence-electron chi connectivity index (χ1n) is 11.8. The van der Waals surface area contributed by atoms with E-state index in [-0.39, 0.29) is 37.3 Å². The Bertz CT molecular complexity index is 1190. The lowest BCUT2D eigenvalue weighted by Crippen LogP contribution is -2.67. The Kier molecular flexibility index (Phi) is 10.0. The van der Waals surface area contributed by atoms with Crippen molar-refractivity contribution < 1.29 is 48.8 Å². The van der Waals surface area contributed by atoms with Crippen LogP contribution in [0.25, 0.3) is 0 Å². The number of hydrogen-bond acceptors (Lipinski definition) is 12. The summed E-state index contributed by atoms with van der Waals surface area (Å²) in [7, 11) is 0. The second-order valence-corrected chi connectivity index (χ2v) is 9.20. The smallest absolute Gasteiger partial charge is 0.351 e. The lowest BCUT2D eigenvalue weighted by Gasteiger charge is -2.38. The van der Waals surface area contributed by atoms with Crippen LogP contribution in [0.15, 0.2) is 17.1 Å². The standard InChI is InChI=1S/C24H31N3O11/c1-13(29)4-7-16(32)23(36)18(12-28)38-21(24(23,37)17(33)8-5-14(2)30)27-11-10-19(26-22(27)35)25-20(34)9-6-15(3)31/h10-11,18,21,28,36-37H,4-9,12H2,1-3H3,(H,25,26,34,35)/t18-,21-,23-,24-/m1/s1. The molecule has 0 saturated carbocycles. The van der Waals surface area contributed by atoms with Gasteiger partial charge < -0.3 is 39.8 Å². The van der Waals surface area contributed by atoms with Gasteiger partial charge in [0.1, 0.15) is 29.3 Å². The lowest BCUT2D eigenvalue weighted by molar-refractivity contribution is -0.184. The second kappa shape index (κ2) is 12.4. The minimum atomic E-state index is -3.17. The summed E-state index contributed by atoms with van der Waals surface area (Å²) >= 11 is 0. The summed E-state index contributed by atoms with van der Waals surface area (Å²) in [5, 5.41) is 35.3. The number of carbonyl (C=O) groups excluding carboxylic acids is 6. The predicted octanol–water partition coefficient (Wildman–Crippen LogP) is -1.22. The van der Waals surface area contributed by atoms with Crippen LogP contribution in [0.4, 0.5) is 5.82 Å². The lowest BCUT2D eigenvalue weighted by atomic mass is 9.72. The average molecular weight is 538 g/mol. The number of ketones is 5. The summed E-state index contributed by atoms with van der Waals surface area (Å²) in [5.41, 5.74) is -7.43. The van der Waals surface area contributed by atoms with E-state index in [1.165, 1.54) is 20.8 Å². The van der Waals surface area contributed by atoms with E-state index in [1.54, 1.807) is 0 Å². The summed E-state index contributed by atoms with van der Waals surface area (Å²) in [5.74, 6) is -4.33. The third-order valence-corrected chi connectivity index (χ3v) is 6.18. The zero-order valence-corrected chi connectivity index (χ0v) is 21.3. The molecule has 1 aliphatic heterocycles. The van der Waals surface area contributed by atoms with Crippen LogP contribution >= 0.6 is 0 Å². The maximum Gasteiger partial charge on any atom is 0.351 e. The molecular weight excluding hydrogens is 506 g/mol. The highest BCUT2D eigenvalue weighted by Crippen LogP contribution is 2.47. The summed E-state index contributed by atoms with van der Waals surface area (Å²) < 4.78 is 6.08. The van der Waals surface area contributed by atoms with Gasteiger partial charge in [-0.25, -0.2) is 4.79 Å². The number of carbonyl (C=O) groups is 6. The number of nitrogens with zero attached hydrogens (tertiary/aromatic N) is 2. The van der Waals surface area contributed by atoms with Gasteiger partial charge in [-0.2, -0.15) is 4.98 Å². The largest absolute Gasteiger partial charge is 0.394 e. The van der Waals surface area contributed by atoms with Gasteiger partial charge in [0.05, 0.1) is 6.61 Å². The molecule has 0 bridgehead atoms. The summed E-state index contributed by atoms with van der Waals surface area (Å²) in [6.07, 6.45) is -5.16. The Hall–Kier alpha value is -3.46. The molecule has 4 N–H and O–H groups in total. The molecule has 2 heterocycles. The molecule has 0 aliphatic carbocycles. The number of rotatable bonds is 14. The number of hydrogen-bond donors (Lipinski definition) is 4. The minimum Gasteiger partial charge on any atom is -0.394 e. The van der Waals surface area contributed by atoms with E-state index >= 15 is 0 Å². The molecule has 0 radical (unpaired) electrons. The molecule has 0 unspecified atom stereocenters. The van der Waals surface area contributed by atoms with Gasteiger partial charge in [-0.15, -0.1) is 0 Å². The van der Waals surface area contributed by atoms with Crippen molar-refractivity contribution in [1.82, 2.24) is 9.55 Å². The SMILES string of the molecule is CC(=O)CCC(=O)Nc1ccn([C@@H]2O[C@H](CO)[C@](O)(C(=O)CCC(C)=O)[C@@]2(O)C(=O)CCC(C)=O)c(=O)n1. The Labute approximate surface area is 217 Å². The molecule has 1 aromatic rings. The van der Waals surface area contributed by atoms with Gasteiger partial charge in [0.25, 0.3) is 0 Å². The fourth-order valence-corrected chi connectivity index (χ4v) is 4.09. The van der Waals surface area contributed by atoms with Gasteiger partial charge in [-0.1, -0.05) is 0 Å². The van der Waals surface area contributed by atoms with Crippen molar-refractivity contribution in [2.45, 2.75) is 82.8 Å². The first-order chi connectivity index (χ1) is 17.7. The molecule has 4 atom stereocenters. The van der Waals surface area contributed by atoms with Gasteiger partial charge >= 0.3 is 5.69 Å². The fourth-order valence-electron chi connectivity index (χ4n) is 4.09.